The second-order valence-electron chi connectivity index (χ2n) is 4.93. The Kier molecular flexibility index (Phi) is 4.45. The lowest BCUT2D eigenvalue weighted by Gasteiger charge is -2.38. The molecule has 7 heteroatoms. The van der Waals surface area contributed by atoms with Crippen LogP contribution in [0.25, 0.3) is 0 Å². The molecule has 1 fully saturated rings. The van der Waals surface area contributed by atoms with Gasteiger partial charge in [0, 0.05) is 27.9 Å². The summed E-state index contributed by atoms with van der Waals surface area (Å²) in [4.78, 5) is 6.27. The van der Waals surface area contributed by atoms with Crippen molar-refractivity contribution < 1.29 is 0 Å². The average Bonchev–Trinajstić information content (AvgIpc) is 3.09. The van der Waals surface area contributed by atoms with Crippen molar-refractivity contribution in [2.75, 3.05) is 18.8 Å². The van der Waals surface area contributed by atoms with Crippen LogP contribution in [0.15, 0.2) is 30.9 Å². The molecule has 1 atom stereocenters. The molecule has 2 aromatic rings. The fourth-order valence-corrected chi connectivity index (χ4v) is 5.06. The lowest BCUT2D eigenvalue weighted by Crippen LogP contribution is -2.43. The third-order valence-electron chi connectivity index (χ3n) is 3.79. The van der Waals surface area contributed by atoms with Gasteiger partial charge in [-0.1, -0.05) is 36.2 Å². The molecule has 0 N–H and O–H groups in total. The van der Waals surface area contributed by atoms with Crippen LogP contribution in [0.2, 0.25) is 10.0 Å². The van der Waals surface area contributed by atoms with Gasteiger partial charge in [0.15, 0.2) is 0 Å². The van der Waals surface area contributed by atoms with Crippen molar-refractivity contribution >= 4 is 35.0 Å². The normalized spacial score (nSPS) is 22.8. The predicted molar refractivity (Wildman–Crippen MR) is 87.9 cm³/mol. The molecule has 0 spiro atoms. The Morgan fingerprint density at radius 2 is 2.24 bits per heavy atom. The van der Waals surface area contributed by atoms with Gasteiger partial charge in [-0.3, -0.25) is 4.90 Å². The van der Waals surface area contributed by atoms with Crippen molar-refractivity contribution in [3.05, 3.63) is 46.5 Å². The van der Waals surface area contributed by atoms with Crippen LogP contribution in [0.4, 0.5) is 0 Å². The molecule has 1 unspecified atom stereocenters. The van der Waals surface area contributed by atoms with Crippen molar-refractivity contribution in [3.8, 4) is 0 Å². The summed E-state index contributed by atoms with van der Waals surface area (Å²) < 4.78 is 1.87. The maximum Gasteiger partial charge on any atom is 0.137 e. The molecule has 1 aliphatic rings. The molecule has 4 nitrogen and oxygen atoms in total. The van der Waals surface area contributed by atoms with Crippen molar-refractivity contribution in [1.82, 2.24) is 19.7 Å². The second kappa shape index (κ2) is 6.16. The van der Waals surface area contributed by atoms with Crippen molar-refractivity contribution in [1.29, 1.82) is 0 Å². The molecular formula is C14H16Cl2N4S. The number of rotatable bonds is 4. The Hall–Kier alpha value is -0.750. The van der Waals surface area contributed by atoms with E-state index >= 15 is 0 Å². The molecule has 0 bridgehead atoms. The van der Waals surface area contributed by atoms with Gasteiger partial charge in [-0.25, -0.2) is 9.67 Å². The lowest BCUT2D eigenvalue weighted by molar-refractivity contribution is 0.177. The molecule has 0 amide bonds. The smallest absolute Gasteiger partial charge is 0.137 e. The molecule has 2 heterocycles. The fraction of sp³-hybridized carbons (Fsp3) is 0.429. The first kappa shape index (κ1) is 15.2. The van der Waals surface area contributed by atoms with E-state index in [1.165, 1.54) is 0 Å². The summed E-state index contributed by atoms with van der Waals surface area (Å²) in [6.45, 7) is 4.88. The summed E-state index contributed by atoms with van der Waals surface area (Å²) in [5.41, 5.74) is 1.09. The first-order valence-corrected chi connectivity index (χ1v) is 8.57. The van der Waals surface area contributed by atoms with E-state index in [0.29, 0.717) is 16.6 Å². The Morgan fingerprint density at radius 1 is 1.38 bits per heavy atom. The van der Waals surface area contributed by atoms with E-state index in [1.54, 1.807) is 12.7 Å². The summed E-state index contributed by atoms with van der Waals surface area (Å²) in [6.07, 6.45) is 3.31. The van der Waals surface area contributed by atoms with Gasteiger partial charge in [0.05, 0.1) is 6.54 Å². The monoisotopic (exact) mass is 342 g/mol. The standard InChI is InChI=1S/C14H16Cl2N4S/c1-2-19-5-6-21-14(19,8-20-10-17-9-18-20)12-4-3-11(15)7-13(12)16/h3-4,7,9-10H,2,5-6,8H2,1H3. The summed E-state index contributed by atoms with van der Waals surface area (Å²) in [6, 6.07) is 5.75. The zero-order valence-corrected chi connectivity index (χ0v) is 14.0. The molecular weight excluding hydrogens is 327 g/mol. The predicted octanol–water partition coefficient (Wildman–Crippen LogP) is 3.51. The maximum atomic E-state index is 6.49. The Balaban J connectivity index is 2.07. The quantitative estimate of drug-likeness (QED) is 0.851. The Bertz CT molecular complexity index is 619. The highest BCUT2D eigenvalue weighted by Crippen LogP contribution is 2.48. The van der Waals surface area contributed by atoms with Crippen molar-refractivity contribution in [2.24, 2.45) is 0 Å². The average molecular weight is 343 g/mol. The zero-order valence-electron chi connectivity index (χ0n) is 11.7. The number of hydrogen-bond donors (Lipinski definition) is 0. The number of aromatic nitrogens is 3. The molecule has 0 saturated carbocycles. The first-order chi connectivity index (χ1) is 10.2. The van der Waals surface area contributed by atoms with Crippen LogP contribution < -0.4 is 0 Å². The topological polar surface area (TPSA) is 34.0 Å². The van der Waals surface area contributed by atoms with E-state index in [9.17, 15) is 0 Å². The van der Waals surface area contributed by atoms with Crippen molar-refractivity contribution in [3.63, 3.8) is 0 Å². The van der Waals surface area contributed by atoms with E-state index < -0.39 is 0 Å². The molecule has 0 aliphatic carbocycles. The van der Waals surface area contributed by atoms with Gasteiger partial charge >= 0.3 is 0 Å². The van der Waals surface area contributed by atoms with E-state index in [1.807, 2.05) is 34.6 Å². The van der Waals surface area contributed by atoms with Crippen LogP contribution >= 0.6 is 35.0 Å². The van der Waals surface area contributed by atoms with Crippen molar-refractivity contribution in [2.45, 2.75) is 18.3 Å². The molecule has 1 aliphatic heterocycles. The number of halogens is 2. The van der Waals surface area contributed by atoms with Gasteiger partial charge in [-0.15, -0.1) is 11.8 Å². The van der Waals surface area contributed by atoms with E-state index in [0.717, 1.165) is 24.4 Å². The number of likely N-dealkylation sites (N-methyl/N-ethyl adjacent to an activating group) is 1. The summed E-state index contributed by atoms with van der Waals surface area (Å²) in [5, 5.41) is 5.62. The van der Waals surface area contributed by atoms with Gasteiger partial charge in [-0.05, 0) is 18.7 Å². The maximum absolute atomic E-state index is 6.49. The molecule has 1 aromatic heterocycles. The zero-order chi connectivity index (χ0) is 14.9. The highest BCUT2D eigenvalue weighted by atomic mass is 35.5. The largest absolute Gasteiger partial charge is 0.283 e. The SMILES string of the molecule is CCN1CCSC1(Cn1cncn1)c1ccc(Cl)cc1Cl. The van der Waals surface area contributed by atoms with Crippen LogP contribution in [0.3, 0.4) is 0 Å². The number of hydrogen-bond acceptors (Lipinski definition) is 4. The fourth-order valence-electron chi connectivity index (χ4n) is 2.83. The second-order valence-corrected chi connectivity index (χ2v) is 7.15. The van der Waals surface area contributed by atoms with Crippen LogP contribution in [0.1, 0.15) is 12.5 Å². The van der Waals surface area contributed by atoms with Gasteiger partial charge < -0.3 is 0 Å². The minimum Gasteiger partial charge on any atom is -0.283 e. The summed E-state index contributed by atoms with van der Waals surface area (Å²) in [7, 11) is 0. The highest BCUT2D eigenvalue weighted by Gasteiger charge is 2.44. The molecule has 3 rings (SSSR count). The Morgan fingerprint density at radius 3 is 2.90 bits per heavy atom. The third kappa shape index (κ3) is 2.80. The molecule has 1 aromatic carbocycles. The lowest BCUT2D eigenvalue weighted by atomic mass is 10.0. The van der Waals surface area contributed by atoms with E-state index in [4.69, 9.17) is 23.2 Å². The summed E-state index contributed by atoms with van der Waals surface area (Å²) in [5.74, 6) is 1.07. The van der Waals surface area contributed by atoms with E-state index in [-0.39, 0.29) is 4.87 Å². The molecule has 112 valence electrons. The van der Waals surface area contributed by atoms with Gasteiger partial charge in [-0.2, -0.15) is 5.10 Å². The minimum absolute atomic E-state index is 0.218. The third-order valence-corrected chi connectivity index (χ3v) is 5.81. The van der Waals surface area contributed by atoms with Crippen LogP contribution in [-0.2, 0) is 11.4 Å². The number of benzene rings is 1. The van der Waals surface area contributed by atoms with Gasteiger partial charge in [0.1, 0.15) is 17.5 Å². The van der Waals surface area contributed by atoms with Crippen LogP contribution in [-0.4, -0.2) is 38.5 Å². The molecule has 1 saturated heterocycles. The van der Waals surface area contributed by atoms with E-state index in [2.05, 4.69) is 21.9 Å². The first-order valence-electron chi connectivity index (χ1n) is 6.82. The molecule has 0 radical (unpaired) electrons. The number of thioether (sulfide) groups is 1. The molecule has 21 heavy (non-hydrogen) atoms. The highest BCUT2D eigenvalue weighted by molar-refractivity contribution is 8.00. The Labute approximate surface area is 138 Å². The van der Waals surface area contributed by atoms with Crippen LogP contribution in [0, 0.1) is 0 Å². The van der Waals surface area contributed by atoms with Crippen LogP contribution in [0.5, 0.6) is 0 Å². The summed E-state index contributed by atoms with van der Waals surface area (Å²) >= 11 is 14.4. The minimum atomic E-state index is -0.218. The van der Waals surface area contributed by atoms with Gasteiger partial charge in [0.25, 0.3) is 0 Å². The number of nitrogens with zero attached hydrogens (tertiary/aromatic N) is 4. The van der Waals surface area contributed by atoms with Gasteiger partial charge in [0.2, 0.25) is 0 Å².